The molecule has 0 unspecified atom stereocenters. The van der Waals surface area contributed by atoms with Gasteiger partial charge in [-0.05, 0) is 48.9 Å². The van der Waals surface area contributed by atoms with E-state index in [9.17, 15) is 19.2 Å². The van der Waals surface area contributed by atoms with Crippen molar-refractivity contribution in [3.8, 4) is 5.75 Å². The minimum Gasteiger partial charge on any atom is -0.493 e. The number of nitrogens with zero attached hydrogens (tertiary/aromatic N) is 3. The number of ether oxygens (including phenoxy) is 1. The maximum Gasteiger partial charge on any atom is 0.289 e. The van der Waals surface area contributed by atoms with E-state index in [2.05, 4.69) is 0 Å². The number of rotatable bonds is 6. The lowest BCUT2D eigenvalue weighted by Gasteiger charge is -2.34. The molecule has 184 valence electrons. The van der Waals surface area contributed by atoms with Gasteiger partial charge in [-0.3, -0.25) is 24.1 Å². The molecule has 9 heteroatoms. The Kier molecular flexibility index (Phi) is 6.28. The molecule has 0 atom stereocenters. The average molecular weight is 488 g/mol. The van der Waals surface area contributed by atoms with Crippen LogP contribution >= 0.6 is 0 Å². The fourth-order valence-corrected chi connectivity index (χ4v) is 4.53. The summed E-state index contributed by atoms with van der Waals surface area (Å²) in [5.74, 6) is -0.431. The summed E-state index contributed by atoms with van der Waals surface area (Å²) in [7, 11) is 0. The van der Waals surface area contributed by atoms with Crippen LogP contribution in [0.3, 0.4) is 0 Å². The Morgan fingerprint density at radius 2 is 1.50 bits per heavy atom. The first-order valence-electron chi connectivity index (χ1n) is 11.8. The number of amides is 4. The number of piperazine rings is 1. The molecule has 5 rings (SSSR count). The monoisotopic (exact) mass is 487 g/mol. The largest absolute Gasteiger partial charge is 0.493 e. The van der Waals surface area contributed by atoms with Crippen LogP contribution in [-0.4, -0.2) is 71.1 Å². The number of carbonyl (C=O) groups is 4. The van der Waals surface area contributed by atoms with E-state index in [0.29, 0.717) is 60.8 Å². The molecule has 0 aliphatic carbocycles. The molecular formula is C27H25N3O6. The molecule has 0 saturated carbocycles. The van der Waals surface area contributed by atoms with Gasteiger partial charge in [-0.25, -0.2) is 0 Å². The third kappa shape index (κ3) is 4.24. The van der Waals surface area contributed by atoms with Crippen molar-refractivity contribution in [1.82, 2.24) is 14.7 Å². The highest BCUT2D eigenvalue weighted by molar-refractivity contribution is 6.21. The first kappa shape index (κ1) is 23.3. The molecule has 36 heavy (non-hydrogen) atoms. The van der Waals surface area contributed by atoms with Crippen molar-refractivity contribution in [1.29, 1.82) is 0 Å². The summed E-state index contributed by atoms with van der Waals surface area (Å²) < 4.78 is 10.9. The van der Waals surface area contributed by atoms with E-state index in [4.69, 9.17) is 9.15 Å². The van der Waals surface area contributed by atoms with E-state index in [1.807, 2.05) is 6.92 Å². The van der Waals surface area contributed by atoms with Gasteiger partial charge in [-0.15, -0.1) is 0 Å². The van der Waals surface area contributed by atoms with E-state index < -0.39 is 0 Å². The van der Waals surface area contributed by atoms with Crippen molar-refractivity contribution in [2.75, 3.05) is 32.8 Å². The molecule has 1 aromatic heterocycles. The topological polar surface area (TPSA) is 100 Å². The molecule has 1 fully saturated rings. The lowest BCUT2D eigenvalue weighted by atomic mass is 10.1. The molecule has 3 aromatic rings. The van der Waals surface area contributed by atoms with Crippen LogP contribution in [-0.2, 0) is 6.54 Å². The summed E-state index contributed by atoms with van der Waals surface area (Å²) in [6.07, 6.45) is 1.46. The van der Waals surface area contributed by atoms with Gasteiger partial charge < -0.3 is 19.0 Å². The predicted molar refractivity (Wildman–Crippen MR) is 129 cm³/mol. The van der Waals surface area contributed by atoms with Crippen molar-refractivity contribution in [3.05, 3.63) is 88.9 Å². The highest BCUT2D eigenvalue weighted by Crippen LogP contribution is 2.27. The normalized spacial score (nSPS) is 15.3. The average Bonchev–Trinajstić information content (AvgIpc) is 3.53. The van der Waals surface area contributed by atoms with Crippen molar-refractivity contribution in [3.63, 3.8) is 0 Å². The second kappa shape index (κ2) is 9.69. The molecule has 3 heterocycles. The van der Waals surface area contributed by atoms with Crippen LogP contribution in [0.2, 0.25) is 0 Å². The Bertz CT molecular complexity index is 1290. The summed E-state index contributed by atoms with van der Waals surface area (Å²) in [5, 5.41) is 0. The Morgan fingerprint density at radius 1 is 0.861 bits per heavy atom. The molecule has 0 bridgehead atoms. The predicted octanol–water partition coefficient (Wildman–Crippen LogP) is 3.07. The maximum absolute atomic E-state index is 13.5. The van der Waals surface area contributed by atoms with Gasteiger partial charge in [-0.2, -0.15) is 0 Å². The Hall–Kier alpha value is -4.40. The lowest BCUT2D eigenvalue weighted by Crippen LogP contribution is -2.50. The quantitative estimate of drug-likeness (QED) is 0.496. The van der Waals surface area contributed by atoms with Gasteiger partial charge in [0.25, 0.3) is 23.6 Å². The number of hydrogen-bond acceptors (Lipinski definition) is 6. The van der Waals surface area contributed by atoms with Crippen molar-refractivity contribution >= 4 is 23.6 Å². The molecule has 2 aliphatic heterocycles. The fourth-order valence-electron chi connectivity index (χ4n) is 4.53. The number of benzene rings is 2. The highest BCUT2D eigenvalue weighted by atomic mass is 16.5. The molecule has 0 N–H and O–H groups in total. The number of carbonyl (C=O) groups excluding carboxylic acids is 4. The first-order chi connectivity index (χ1) is 17.5. The van der Waals surface area contributed by atoms with Gasteiger partial charge in [0.15, 0.2) is 5.76 Å². The third-order valence-electron chi connectivity index (χ3n) is 6.38. The first-order valence-corrected chi connectivity index (χ1v) is 11.8. The number of furan rings is 1. The fraction of sp³-hybridized carbons (Fsp3) is 0.259. The Labute approximate surface area is 207 Å². The summed E-state index contributed by atoms with van der Waals surface area (Å²) in [4.78, 5) is 56.1. The summed E-state index contributed by atoms with van der Waals surface area (Å²) in [6.45, 7) is 3.74. The van der Waals surface area contributed by atoms with Gasteiger partial charge in [-0.1, -0.05) is 18.2 Å². The van der Waals surface area contributed by atoms with E-state index in [1.165, 1.54) is 11.2 Å². The van der Waals surface area contributed by atoms with Gasteiger partial charge in [0.05, 0.1) is 36.1 Å². The van der Waals surface area contributed by atoms with E-state index in [1.54, 1.807) is 64.4 Å². The van der Waals surface area contributed by atoms with E-state index in [0.717, 1.165) is 0 Å². The van der Waals surface area contributed by atoms with Gasteiger partial charge >= 0.3 is 0 Å². The molecular weight excluding hydrogens is 462 g/mol. The zero-order valence-corrected chi connectivity index (χ0v) is 19.8. The highest BCUT2D eigenvalue weighted by Gasteiger charge is 2.35. The van der Waals surface area contributed by atoms with E-state index >= 15 is 0 Å². The second-order valence-corrected chi connectivity index (χ2v) is 8.57. The smallest absolute Gasteiger partial charge is 0.289 e. The zero-order chi connectivity index (χ0) is 25.2. The summed E-state index contributed by atoms with van der Waals surface area (Å²) >= 11 is 0. The molecule has 0 spiro atoms. The number of hydrogen-bond donors (Lipinski definition) is 0. The van der Waals surface area contributed by atoms with Crippen LogP contribution in [0, 0.1) is 0 Å². The summed E-state index contributed by atoms with van der Waals surface area (Å²) in [6, 6.07) is 15.1. The van der Waals surface area contributed by atoms with Crippen molar-refractivity contribution < 1.29 is 28.3 Å². The van der Waals surface area contributed by atoms with Crippen LogP contribution in [0.25, 0.3) is 0 Å². The summed E-state index contributed by atoms with van der Waals surface area (Å²) in [5.41, 5.74) is 1.76. The Morgan fingerprint density at radius 3 is 2.08 bits per heavy atom. The minimum atomic E-state index is -0.352. The SMILES string of the molecule is CCOc1ccc(CN2C(=O)c3ccccc3C2=O)cc1C(=O)N1CCN(C(=O)c2ccco2)CC1. The molecule has 1 saturated heterocycles. The molecule has 0 radical (unpaired) electrons. The van der Waals surface area contributed by atoms with E-state index in [-0.39, 0.29) is 35.9 Å². The lowest BCUT2D eigenvalue weighted by molar-refractivity contribution is 0.0516. The van der Waals surface area contributed by atoms with Crippen LogP contribution in [0.4, 0.5) is 0 Å². The van der Waals surface area contributed by atoms with Gasteiger partial charge in [0.2, 0.25) is 0 Å². The van der Waals surface area contributed by atoms with Crippen LogP contribution in [0.15, 0.2) is 65.3 Å². The molecule has 4 amide bonds. The van der Waals surface area contributed by atoms with Crippen LogP contribution < -0.4 is 4.74 Å². The third-order valence-corrected chi connectivity index (χ3v) is 6.38. The minimum absolute atomic E-state index is 0.0461. The number of fused-ring (bicyclic) bond motifs is 1. The van der Waals surface area contributed by atoms with Gasteiger partial charge in [0, 0.05) is 26.2 Å². The molecule has 9 nitrogen and oxygen atoms in total. The Balaban J connectivity index is 1.32. The maximum atomic E-state index is 13.5. The molecule has 2 aliphatic rings. The van der Waals surface area contributed by atoms with Crippen molar-refractivity contribution in [2.24, 2.45) is 0 Å². The van der Waals surface area contributed by atoms with Crippen LogP contribution in [0.1, 0.15) is 54.1 Å². The van der Waals surface area contributed by atoms with Crippen LogP contribution in [0.5, 0.6) is 5.75 Å². The van der Waals surface area contributed by atoms with Gasteiger partial charge in [0.1, 0.15) is 5.75 Å². The zero-order valence-electron chi connectivity index (χ0n) is 19.8. The standard InChI is InChI=1S/C27H25N3O6/c1-2-35-22-10-9-18(17-30-25(32)19-6-3-4-7-20(19)26(30)33)16-21(22)24(31)28-11-13-29(14-12-28)27(34)23-8-5-15-36-23/h3-10,15-16H,2,11-14,17H2,1H3. The number of imide groups is 1. The molecule has 2 aromatic carbocycles. The van der Waals surface area contributed by atoms with Crippen molar-refractivity contribution in [2.45, 2.75) is 13.5 Å². The second-order valence-electron chi connectivity index (χ2n) is 8.57.